The van der Waals surface area contributed by atoms with E-state index in [2.05, 4.69) is 10.3 Å². The Bertz CT molecular complexity index is 298. The van der Waals surface area contributed by atoms with Gasteiger partial charge in [-0.05, 0) is 37.8 Å². The molecular formula is C11H16N2O. The highest BCUT2D eigenvalue weighted by Crippen LogP contribution is 2.34. The largest absolute Gasteiger partial charge is 0.394 e. The lowest BCUT2D eigenvalue weighted by molar-refractivity contribution is 0.144. The van der Waals surface area contributed by atoms with E-state index in [1.54, 1.807) is 0 Å². The summed E-state index contributed by atoms with van der Waals surface area (Å²) in [4.78, 5) is 4.27. The van der Waals surface area contributed by atoms with Gasteiger partial charge in [0.05, 0.1) is 12.1 Å². The molecule has 1 fully saturated rings. The van der Waals surface area contributed by atoms with Crippen molar-refractivity contribution < 1.29 is 5.11 Å². The standard InChI is InChI=1S/C11H16N2O/c1-9-3-4-10(12-7-9)13-11(8-14)5-2-6-11/h3-4,7,14H,2,5-6,8H2,1H3,(H,12,13). The van der Waals surface area contributed by atoms with Crippen LogP contribution in [0.4, 0.5) is 5.82 Å². The van der Waals surface area contributed by atoms with Crippen molar-refractivity contribution in [2.24, 2.45) is 0 Å². The van der Waals surface area contributed by atoms with Crippen molar-refractivity contribution in [2.45, 2.75) is 31.7 Å². The molecule has 14 heavy (non-hydrogen) atoms. The highest BCUT2D eigenvalue weighted by molar-refractivity contribution is 5.39. The molecule has 3 heteroatoms. The summed E-state index contributed by atoms with van der Waals surface area (Å²) in [5.74, 6) is 0.865. The van der Waals surface area contributed by atoms with Crippen LogP contribution in [0.15, 0.2) is 18.3 Å². The number of pyridine rings is 1. The first-order chi connectivity index (χ1) is 6.74. The van der Waals surface area contributed by atoms with E-state index in [-0.39, 0.29) is 12.1 Å². The molecule has 0 amide bonds. The molecule has 2 N–H and O–H groups in total. The molecule has 0 unspecified atom stereocenters. The summed E-state index contributed by atoms with van der Waals surface area (Å²) in [5, 5.41) is 12.6. The maximum atomic E-state index is 9.26. The third-order valence-electron chi connectivity index (χ3n) is 2.92. The highest BCUT2D eigenvalue weighted by atomic mass is 16.3. The molecule has 1 aromatic rings. The number of nitrogens with one attached hydrogen (secondary N) is 1. The van der Waals surface area contributed by atoms with Gasteiger partial charge in [-0.15, -0.1) is 0 Å². The number of aromatic nitrogens is 1. The Kier molecular flexibility index (Phi) is 2.42. The zero-order chi connectivity index (χ0) is 10.0. The SMILES string of the molecule is Cc1ccc(NC2(CO)CCC2)nc1. The quantitative estimate of drug-likeness (QED) is 0.766. The number of anilines is 1. The van der Waals surface area contributed by atoms with E-state index in [4.69, 9.17) is 0 Å². The Balaban J connectivity index is 2.06. The Hall–Kier alpha value is -1.09. The number of hydrogen-bond acceptors (Lipinski definition) is 3. The van der Waals surface area contributed by atoms with Gasteiger partial charge in [0.15, 0.2) is 0 Å². The molecule has 0 bridgehead atoms. The maximum absolute atomic E-state index is 9.26. The minimum Gasteiger partial charge on any atom is -0.394 e. The Morgan fingerprint density at radius 3 is 2.71 bits per heavy atom. The molecule has 0 radical (unpaired) electrons. The molecule has 0 aromatic carbocycles. The predicted molar refractivity (Wildman–Crippen MR) is 56.3 cm³/mol. The minimum absolute atomic E-state index is 0.0950. The van der Waals surface area contributed by atoms with Crippen LogP contribution < -0.4 is 5.32 Å². The Morgan fingerprint density at radius 2 is 2.29 bits per heavy atom. The Morgan fingerprint density at radius 1 is 1.50 bits per heavy atom. The zero-order valence-electron chi connectivity index (χ0n) is 8.45. The number of aliphatic hydroxyl groups excluding tert-OH is 1. The molecule has 2 rings (SSSR count). The van der Waals surface area contributed by atoms with Crippen LogP contribution in [0.25, 0.3) is 0 Å². The summed E-state index contributed by atoms with van der Waals surface area (Å²) in [6, 6.07) is 3.99. The monoisotopic (exact) mass is 192 g/mol. The summed E-state index contributed by atoms with van der Waals surface area (Å²) in [6.07, 6.45) is 5.11. The molecule has 1 aliphatic rings. The van der Waals surface area contributed by atoms with Crippen LogP contribution in [0.3, 0.4) is 0 Å². The molecule has 0 aliphatic heterocycles. The van der Waals surface area contributed by atoms with E-state index in [0.717, 1.165) is 24.2 Å². The molecule has 0 spiro atoms. The number of nitrogens with zero attached hydrogens (tertiary/aromatic N) is 1. The highest BCUT2D eigenvalue weighted by Gasteiger charge is 2.36. The van der Waals surface area contributed by atoms with E-state index in [0.29, 0.717) is 0 Å². The van der Waals surface area contributed by atoms with Crippen molar-refractivity contribution in [3.8, 4) is 0 Å². The fourth-order valence-electron chi connectivity index (χ4n) is 1.74. The van der Waals surface area contributed by atoms with Crippen molar-refractivity contribution in [2.75, 3.05) is 11.9 Å². The number of rotatable bonds is 3. The summed E-state index contributed by atoms with van der Waals surface area (Å²) < 4.78 is 0. The Labute approximate surface area is 84.2 Å². The second-order valence-corrected chi connectivity index (χ2v) is 4.14. The van der Waals surface area contributed by atoms with Gasteiger partial charge in [-0.2, -0.15) is 0 Å². The minimum atomic E-state index is -0.0950. The average molecular weight is 192 g/mol. The van der Waals surface area contributed by atoms with Crippen molar-refractivity contribution in [1.82, 2.24) is 4.98 Å². The van der Waals surface area contributed by atoms with E-state index in [1.807, 2.05) is 25.3 Å². The van der Waals surface area contributed by atoms with Gasteiger partial charge in [0.25, 0.3) is 0 Å². The lowest BCUT2D eigenvalue weighted by Crippen LogP contribution is -2.48. The second kappa shape index (κ2) is 3.58. The van der Waals surface area contributed by atoms with E-state index < -0.39 is 0 Å². The van der Waals surface area contributed by atoms with Crippen molar-refractivity contribution >= 4 is 5.82 Å². The lowest BCUT2D eigenvalue weighted by atomic mass is 9.77. The van der Waals surface area contributed by atoms with Crippen molar-refractivity contribution in [1.29, 1.82) is 0 Å². The molecule has 1 aliphatic carbocycles. The molecule has 1 saturated carbocycles. The van der Waals surface area contributed by atoms with Crippen molar-refractivity contribution in [3.63, 3.8) is 0 Å². The maximum Gasteiger partial charge on any atom is 0.126 e. The van der Waals surface area contributed by atoms with Gasteiger partial charge in [-0.25, -0.2) is 4.98 Å². The van der Waals surface area contributed by atoms with Crippen LogP contribution >= 0.6 is 0 Å². The van der Waals surface area contributed by atoms with Gasteiger partial charge in [0, 0.05) is 6.20 Å². The first-order valence-electron chi connectivity index (χ1n) is 5.06. The van der Waals surface area contributed by atoms with Gasteiger partial charge in [-0.3, -0.25) is 0 Å². The van der Waals surface area contributed by atoms with E-state index in [9.17, 15) is 5.11 Å². The molecule has 1 heterocycles. The molecule has 0 saturated heterocycles. The number of aliphatic hydroxyl groups is 1. The molecule has 0 atom stereocenters. The van der Waals surface area contributed by atoms with E-state index >= 15 is 0 Å². The van der Waals surface area contributed by atoms with Gasteiger partial charge in [-0.1, -0.05) is 6.07 Å². The van der Waals surface area contributed by atoms with Gasteiger partial charge < -0.3 is 10.4 Å². The van der Waals surface area contributed by atoms with Crippen LogP contribution in [0.2, 0.25) is 0 Å². The second-order valence-electron chi connectivity index (χ2n) is 4.14. The van der Waals surface area contributed by atoms with Gasteiger partial charge in [0.2, 0.25) is 0 Å². The summed E-state index contributed by atoms with van der Waals surface area (Å²) in [6.45, 7) is 2.21. The van der Waals surface area contributed by atoms with Gasteiger partial charge >= 0.3 is 0 Å². The zero-order valence-corrected chi connectivity index (χ0v) is 8.45. The van der Waals surface area contributed by atoms with Crippen LogP contribution in [-0.4, -0.2) is 22.2 Å². The van der Waals surface area contributed by atoms with Crippen molar-refractivity contribution in [3.05, 3.63) is 23.9 Å². The number of hydrogen-bond donors (Lipinski definition) is 2. The summed E-state index contributed by atoms with van der Waals surface area (Å²) in [7, 11) is 0. The molecule has 1 aromatic heterocycles. The summed E-state index contributed by atoms with van der Waals surface area (Å²) in [5.41, 5.74) is 1.06. The molecular weight excluding hydrogens is 176 g/mol. The topological polar surface area (TPSA) is 45.1 Å². The molecule has 76 valence electrons. The third-order valence-corrected chi connectivity index (χ3v) is 2.92. The first kappa shape index (κ1) is 9.46. The fraction of sp³-hybridized carbons (Fsp3) is 0.545. The average Bonchev–Trinajstić information content (AvgIpc) is 2.15. The summed E-state index contributed by atoms with van der Waals surface area (Å²) >= 11 is 0. The third kappa shape index (κ3) is 1.73. The predicted octanol–water partition coefficient (Wildman–Crippen LogP) is 1.72. The number of aryl methyl sites for hydroxylation is 1. The lowest BCUT2D eigenvalue weighted by Gasteiger charge is -2.41. The van der Waals surface area contributed by atoms with Crippen LogP contribution in [-0.2, 0) is 0 Å². The smallest absolute Gasteiger partial charge is 0.126 e. The van der Waals surface area contributed by atoms with Crippen LogP contribution in [0, 0.1) is 6.92 Å². The fourth-order valence-corrected chi connectivity index (χ4v) is 1.74. The molecule has 3 nitrogen and oxygen atoms in total. The normalized spacial score (nSPS) is 18.7. The van der Waals surface area contributed by atoms with E-state index in [1.165, 1.54) is 6.42 Å². The van der Waals surface area contributed by atoms with Crippen LogP contribution in [0.5, 0.6) is 0 Å². The first-order valence-corrected chi connectivity index (χ1v) is 5.06. The van der Waals surface area contributed by atoms with Gasteiger partial charge in [0.1, 0.15) is 5.82 Å². The van der Waals surface area contributed by atoms with Crippen LogP contribution in [0.1, 0.15) is 24.8 Å².